The summed E-state index contributed by atoms with van der Waals surface area (Å²) in [4.78, 5) is 22.9. The highest BCUT2D eigenvalue weighted by Gasteiger charge is 2.18. The molecule has 5 nitrogen and oxygen atoms in total. The maximum Gasteiger partial charge on any atom is 0.303 e. The van der Waals surface area contributed by atoms with E-state index in [-0.39, 0.29) is 30.2 Å². The number of aliphatic carboxylic acids is 1. The molecule has 0 saturated heterocycles. The fourth-order valence-electron chi connectivity index (χ4n) is 2.45. The van der Waals surface area contributed by atoms with Gasteiger partial charge in [0, 0.05) is 24.9 Å². The first-order chi connectivity index (χ1) is 9.72. The van der Waals surface area contributed by atoms with Crippen molar-refractivity contribution in [3.63, 3.8) is 0 Å². The molecule has 0 aliphatic rings. The fraction of sp³-hybridized carbons (Fsp3) is 0.875. The molecular weight excluding hydrogens is 268 g/mol. The van der Waals surface area contributed by atoms with E-state index in [1.807, 2.05) is 13.8 Å². The van der Waals surface area contributed by atoms with Crippen molar-refractivity contribution >= 4 is 11.9 Å². The first kappa shape index (κ1) is 19.9. The summed E-state index contributed by atoms with van der Waals surface area (Å²) >= 11 is 0. The van der Waals surface area contributed by atoms with Crippen LogP contribution in [0.25, 0.3) is 0 Å². The first-order valence-electron chi connectivity index (χ1n) is 7.97. The van der Waals surface area contributed by atoms with Gasteiger partial charge in [-0.3, -0.25) is 9.59 Å². The van der Waals surface area contributed by atoms with Crippen LogP contribution in [0.15, 0.2) is 0 Å². The summed E-state index contributed by atoms with van der Waals surface area (Å²) in [7, 11) is 0. The number of nitrogens with two attached hydrogens (primary N) is 1. The Hall–Kier alpha value is -1.10. The van der Waals surface area contributed by atoms with Gasteiger partial charge in [0.1, 0.15) is 0 Å². The Labute approximate surface area is 128 Å². The lowest BCUT2D eigenvalue weighted by molar-refractivity contribution is -0.138. The van der Waals surface area contributed by atoms with Gasteiger partial charge in [-0.15, -0.1) is 0 Å². The molecule has 0 rings (SSSR count). The van der Waals surface area contributed by atoms with Crippen molar-refractivity contribution in [2.45, 2.75) is 65.8 Å². The zero-order valence-electron chi connectivity index (χ0n) is 13.9. The third kappa shape index (κ3) is 11.3. The number of amides is 1. The Kier molecular flexibility index (Phi) is 10.0. The Balaban J connectivity index is 4.12. The number of hydrogen-bond acceptors (Lipinski definition) is 3. The van der Waals surface area contributed by atoms with Gasteiger partial charge in [0.25, 0.3) is 0 Å². The number of nitrogens with one attached hydrogen (secondary N) is 1. The number of rotatable bonds is 11. The molecule has 21 heavy (non-hydrogen) atoms. The lowest BCUT2D eigenvalue weighted by Gasteiger charge is -2.19. The summed E-state index contributed by atoms with van der Waals surface area (Å²) in [5.74, 6) is -0.413. The average molecular weight is 300 g/mol. The van der Waals surface area contributed by atoms with Gasteiger partial charge in [0.2, 0.25) is 5.91 Å². The second kappa shape index (κ2) is 10.6. The lowest BCUT2D eigenvalue weighted by atomic mass is 9.93. The molecule has 0 radical (unpaired) electrons. The normalized spacial score (nSPS) is 15.5. The molecule has 4 N–H and O–H groups in total. The van der Waals surface area contributed by atoms with Gasteiger partial charge in [-0.05, 0) is 38.0 Å². The molecule has 0 aromatic rings. The molecule has 0 aromatic carbocycles. The monoisotopic (exact) mass is 300 g/mol. The predicted octanol–water partition coefficient (Wildman–Crippen LogP) is 2.39. The number of carboxylic acid groups (broad SMARTS) is 1. The minimum Gasteiger partial charge on any atom is -0.481 e. The molecular formula is C16H32N2O3. The molecule has 3 unspecified atom stereocenters. The smallest absolute Gasteiger partial charge is 0.303 e. The van der Waals surface area contributed by atoms with Gasteiger partial charge in [-0.2, -0.15) is 0 Å². The van der Waals surface area contributed by atoms with Crippen molar-refractivity contribution in [1.29, 1.82) is 0 Å². The molecule has 1 amide bonds. The van der Waals surface area contributed by atoms with Crippen LogP contribution in [0.5, 0.6) is 0 Å². The summed E-state index contributed by atoms with van der Waals surface area (Å²) in [5, 5.41) is 11.8. The summed E-state index contributed by atoms with van der Waals surface area (Å²) in [6, 6.07) is 0.172. The molecule has 5 heteroatoms. The van der Waals surface area contributed by atoms with E-state index in [1.165, 1.54) is 0 Å². The lowest BCUT2D eigenvalue weighted by Crippen LogP contribution is -2.34. The highest BCUT2D eigenvalue weighted by molar-refractivity contribution is 5.78. The third-order valence-corrected chi connectivity index (χ3v) is 3.58. The molecule has 0 heterocycles. The Bertz CT molecular complexity index is 317. The minimum atomic E-state index is -0.806. The van der Waals surface area contributed by atoms with Gasteiger partial charge >= 0.3 is 5.97 Å². The molecule has 124 valence electrons. The number of carbonyl (C=O) groups excluding carboxylic acids is 1. The summed E-state index contributed by atoms with van der Waals surface area (Å²) < 4.78 is 0. The Morgan fingerprint density at radius 2 is 1.76 bits per heavy atom. The second-order valence-electron chi connectivity index (χ2n) is 6.65. The van der Waals surface area contributed by atoms with E-state index < -0.39 is 5.97 Å². The van der Waals surface area contributed by atoms with Crippen molar-refractivity contribution in [3.05, 3.63) is 0 Å². The summed E-state index contributed by atoms with van der Waals surface area (Å²) in [6.45, 7) is 8.44. The van der Waals surface area contributed by atoms with Gasteiger partial charge < -0.3 is 16.2 Å². The van der Waals surface area contributed by atoms with E-state index in [2.05, 4.69) is 19.2 Å². The average Bonchev–Trinajstić information content (AvgIpc) is 2.33. The molecule has 3 atom stereocenters. The third-order valence-electron chi connectivity index (χ3n) is 3.58. The Morgan fingerprint density at radius 1 is 1.14 bits per heavy atom. The molecule has 0 aliphatic heterocycles. The highest BCUT2D eigenvalue weighted by atomic mass is 16.4. The number of carbonyl (C=O) groups is 2. The van der Waals surface area contributed by atoms with Crippen LogP contribution in [0.1, 0.15) is 59.8 Å². The van der Waals surface area contributed by atoms with Crippen LogP contribution in [0.2, 0.25) is 0 Å². The van der Waals surface area contributed by atoms with Crippen LogP contribution in [0.4, 0.5) is 0 Å². The van der Waals surface area contributed by atoms with Gasteiger partial charge in [0.05, 0.1) is 0 Å². The molecule has 0 bridgehead atoms. The van der Waals surface area contributed by atoms with E-state index in [0.717, 1.165) is 25.7 Å². The van der Waals surface area contributed by atoms with Crippen LogP contribution in [0.3, 0.4) is 0 Å². The largest absolute Gasteiger partial charge is 0.481 e. The second-order valence-corrected chi connectivity index (χ2v) is 6.65. The first-order valence-corrected chi connectivity index (χ1v) is 7.97. The van der Waals surface area contributed by atoms with Crippen molar-refractivity contribution < 1.29 is 14.7 Å². The Morgan fingerprint density at radius 3 is 2.24 bits per heavy atom. The van der Waals surface area contributed by atoms with E-state index in [1.54, 1.807) is 0 Å². The molecule has 0 aromatic heterocycles. The van der Waals surface area contributed by atoms with Crippen molar-refractivity contribution in [2.24, 2.45) is 23.5 Å². The highest BCUT2D eigenvalue weighted by Crippen LogP contribution is 2.15. The SMILES string of the molecule is CC(C)CC(CNC(=O)C(C)CCCC(C)N)CC(=O)O. The summed E-state index contributed by atoms with van der Waals surface area (Å²) in [5.41, 5.74) is 5.69. The van der Waals surface area contributed by atoms with Crippen molar-refractivity contribution in [3.8, 4) is 0 Å². The predicted molar refractivity (Wildman–Crippen MR) is 84.9 cm³/mol. The number of hydrogen-bond donors (Lipinski definition) is 3. The molecule has 0 spiro atoms. The van der Waals surface area contributed by atoms with Gasteiger partial charge in [-0.25, -0.2) is 0 Å². The zero-order valence-corrected chi connectivity index (χ0v) is 13.9. The maximum absolute atomic E-state index is 12.0. The zero-order chi connectivity index (χ0) is 16.4. The molecule has 0 fully saturated rings. The number of carboxylic acids is 1. The van der Waals surface area contributed by atoms with Crippen molar-refractivity contribution in [1.82, 2.24) is 5.32 Å². The van der Waals surface area contributed by atoms with E-state index in [0.29, 0.717) is 12.5 Å². The van der Waals surface area contributed by atoms with E-state index in [9.17, 15) is 9.59 Å². The minimum absolute atomic E-state index is 0.00251. The van der Waals surface area contributed by atoms with Crippen LogP contribution in [-0.2, 0) is 9.59 Å². The standard InChI is InChI=1S/C16H32N2O3/c1-11(2)8-14(9-15(19)20)10-18-16(21)12(3)6-5-7-13(4)17/h11-14H,5-10,17H2,1-4H3,(H,18,21)(H,19,20). The quantitative estimate of drug-likeness (QED) is 0.546. The van der Waals surface area contributed by atoms with Crippen LogP contribution in [-0.4, -0.2) is 29.6 Å². The molecule has 0 aliphatic carbocycles. The fourth-order valence-corrected chi connectivity index (χ4v) is 2.45. The maximum atomic E-state index is 12.0. The topological polar surface area (TPSA) is 92.4 Å². The van der Waals surface area contributed by atoms with Crippen molar-refractivity contribution in [2.75, 3.05) is 6.54 Å². The van der Waals surface area contributed by atoms with E-state index >= 15 is 0 Å². The van der Waals surface area contributed by atoms with E-state index in [4.69, 9.17) is 10.8 Å². The van der Waals surface area contributed by atoms with Gasteiger partial charge in [0.15, 0.2) is 0 Å². The summed E-state index contributed by atoms with van der Waals surface area (Å²) in [6.07, 6.45) is 3.60. The van der Waals surface area contributed by atoms with Gasteiger partial charge in [-0.1, -0.05) is 27.2 Å². The van der Waals surface area contributed by atoms with Crippen LogP contribution >= 0.6 is 0 Å². The van der Waals surface area contributed by atoms with Crippen LogP contribution < -0.4 is 11.1 Å². The van der Waals surface area contributed by atoms with Crippen LogP contribution in [0, 0.1) is 17.8 Å². The molecule has 0 saturated carbocycles.